The van der Waals surface area contributed by atoms with Crippen molar-refractivity contribution in [2.75, 3.05) is 6.61 Å². The normalized spacial score (nSPS) is 12.6. The van der Waals surface area contributed by atoms with Crippen molar-refractivity contribution in [3.8, 4) is 0 Å². The number of carbonyl (C=O) groups is 1. The third-order valence-electron chi connectivity index (χ3n) is 2.11. The highest BCUT2D eigenvalue weighted by Gasteiger charge is 2.27. The lowest BCUT2D eigenvalue weighted by Gasteiger charge is -2.14. The van der Waals surface area contributed by atoms with Crippen molar-refractivity contribution < 1.29 is 27.8 Å². The number of hydrogen-bond acceptors (Lipinski definition) is 3. The summed E-state index contributed by atoms with van der Waals surface area (Å²) in [5.41, 5.74) is -1.45. The Morgan fingerprint density at radius 3 is 2.65 bits per heavy atom. The summed E-state index contributed by atoms with van der Waals surface area (Å²) in [5, 5.41) is 9.50. The van der Waals surface area contributed by atoms with Crippen molar-refractivity contribution >= 4 is 5.97 Å². The highest BCUT2D eigenvalue weighted by atomic mass is 19.3. The summed E-state index contributed by atoms with van der Waals surface area (Å²) >= 11 is 0. The zero-order valence-electron chi connectivity index (χ0n) is 8.99. The summed E-state index contributed by atoms with van der Waals surface area (Å²) < 4.78 is 42.8. The van der Waals surface area contributed by atoms with Crippen LogP contribution in [0.15, 0.2) is 18.2 Å². The smallest absolute Gasteiger partial charge is 0.339 e. The Balaban J connectivity index is 3.13. The molecular formula is C11H11F3O3. The minimum Gasteiger partial charge on any atom is -0.464 e. The van der Waals surface area contributed by atoms with Gasteiger partial charge in [0.25, 0.3) is 6.43 Å². The molecule has 0 saturated heterocycles. The highest BCUT2D eigenvalue weighted by molar-refractivity contribution is 5.76. The predicted molar refractivity (Wildman–Crippen MR) is 52.9 cm³/mol. The van der Waals surface area contributed by atoms with Gasteiger partial charge in [0.1, 0.15) is 5.82 Å². The molecule has 6 heteroatoms. The summed E-state index contributed by atoms with van der Waals surface area (Å²) in [5.74, 6) is -2.25. The van der Waals surface area contributed by atoms with E-state index in [0.29, 0.717) is 0 Å². The van der Waals surface area contributed by atoms with Crippen LogP contribution >= 0.6 is 0 Å². The summed E-state index contributed by atoms with van der Waals surface area (Å²) in [6, 6.07) is 3.04. The van der Waals surface area contributed by atoms with E-state index in [1.165, 1.54) is 6.92 Å². The molecule has 1 aromatic rings. The van der Waals surface area contributed by atoms with E-state index in [4.69, 9.17) is 0 Å². The second-order valence-electron chi connectivity index (χ2n) is 3.20. The molecule has 1 rings (SSSR count). The maximum Gasteiger partial charge on any atom is 0.339 e. The zero-order valence-corrected chi connectivity index (χ0v) is 8.99. The van der Waals surface area contributed by atoms with Gasteiger partial charge < -0.3 is 9.84 Å². The Morgan fingerprint density at radius 1 is 1.47 bits per heavy atom. The second kappa shape index (κ2) is 5.67. The van der Waals surface area contributed by atoms with E-state index in [0.717, 1.165) is 18.2 Å². The number of halogens is 3. The molecule has 0 amide bonds. The lowest BCUT2D eigenvalue weighted by Crippen LogP contribution is -2.17. The van der Waals surface area contributed by atoms with Crippen LogP contribution in [0.25, 0.3) is 0 Å². The lowest BCUT2D eigenvalue weighted by molar-refractivity contribution is -0.153. The van der Waals surface area contributed by atoms with Crippen LogP contribution in [0.3, 0.4) is 0 Å². The van der Waals surface area contributed by atoms with Crippen LogP contribution in [0.4, 0.5) is 13.2 Å². The Kier molecular flexibility index (Phi) is 4.51. The van der Waals surface area contributed by atoms with Gasteiger partial charge in [0.05, 0.1) is 12.2 Å². The number of ether oxygens (including phenoxy) is 1. The number of alkyl halides is 2. The second-order valence-corrected chi connectivity index (χ2v) is 3.20. The monoisotopic (exact) mass is 248 g/mol. The van der Waals surface area contributed by atoms with Gasteiger partial charge in [0, 0.05) is 5.56 Å². The molecule has 94 valence electrons. The maximum absolute atomic E-state index is 13.2. The first-order chi connectivity index (χ1) is 7.99. The first kappa shape index (κ1) is 13.5. The van der Waals surface area contributed by atoms with Crippen LogP contribution in [-0.4, -0.2) is 17.7 Å². The predicted octanol–water partition coefficient (Wildman–Crippen LogP) is 2.36. The van der Waals surface area contributed by atoms with Crippen molar-refractivity contribution in [1.82, 2.24) is 0 Å². The van der Waals surface area contributed by atoms with Crippen LogP contribution in [0.2, 0.25) is 0 Å². The summed E-state index contributed by atoms with van der Waals surface area (Å²) in [4.78, 5) is 11.2. The molecule has 1 unspecified atom stereocenters. The maximum atomic E-state index is 13.2. The van der Waals surface area contributed by atoms with Gasteiger partial charge in [-0.2, -0.15) is 0 Å². The molecule has 0 aliphatic carbocycles. The van der Waals surface area contributed by atoms with Crippen molar-refractivity contribution in [1.29, 1.82) is 0 Å². The fourth-order valence-electron chi connectivity index (χ4n) is 1.37. The Morgan fingerprint density at radius 2 is 2.12 bits per heavy atom. The van der Waals surface area contributed by atoms with Crippen LogP contribution in [-0.2, 0) is 9.53 Å². The average Bonchev–Trinajstić information content (AvgIpc) is 2.27. The van der Waals surface area contributed by atoms with Crippen molar-refractivity contribution in [3.63, 3.8) is 0 Å². The first-order valence-corrected chi connectivity index (χ1v) is 4.90. The van der Waals surface area contributed by atoms with Crippen molar-refractivity contribution in [2.24, 2.45) is 0 Å². The van der Waals surface area contributed by atoms with Gasteiger partial charge in [-0.15, -0.1) is 0 Å². The van der Waals surface area contributed by atoms with E-state index in [1.54, 1.807) is 0 Å². The highest BCUT2D eigenvalue weighted by Crippen LogP contribution is 2.30. The zero-order chi connectivity index (χ0) is 13.0. The van der Waals surface area contributed by atoms with Gasteiger partial charge in [-0.05, 0) is 13.0 Å². The summed E-state index contributed by atoms with van der Waals surface area (Å²) in [6.07, 6.45) is -5.02. The van der Waals surface area contributed by atoms with Crippen molar-refractivity contribution in [2.45, 2.75) is 19.5 Å². The third-order valence-corrected chi connectivity index (χ3v) is 2.11. The summed E-state index contributed by atoms with van der Waals surface area (Å²) in [7, 11) is 0. The minimum absolute atomic E-state index is 0.00474. The van der Waals surface area contributed by atoms with E-state index in [2.05, 4.69) is 4.74 Å². The molecule has 0 aromatic heterocycles. The van der Waals surface area contributed by atoms with Crippen LogP contribution in [0.5, 0.6) is 0 Å². The molecule has 0 aliphatic rings. The van der Waals surface area contributed by atoms with Crippen molar-refractivity contribution in [3.05, 3.63) is 35.1 Å². The lowest BCUT2D eigenvalue weighted by atomic mass is 10.0. The molecule has 0 aliphatic heterocycles. The number of aliphatic hydroxyl groups excluding tert-OH is 1. The van der Waals surface area contributed by atoms with E-state index in [-0.39, 0.29) is 6.61 Å². The Labute approximate surface area is 95.8 Å². The molecule has 0 fully saturated rings. The SMILES string of the molecule is CCOC(=O)C(O)c1cccc(F)c1C(F)F. The van der Waals surface area contributed by atoms with Gasteiger partial charge in [0.15, 0.2) is 6.10 Å². The number of rotatable bonds is 4. The number of carbonyl (C=O) groups excluding carboxylic acids is 1. The molecule has 0 radical (unpaired) electrons. The van der Waals surface area contributed by atoms with Gasteiger partial charge >= 0.3 is 5.97 Å². The third kappa shape index (κ3) is 2.97. The molecule has 0 saturated carbocycles. The topological polar surface area (TPSA) is 46.5 Å². The number of benzene rings is 1. The van der Waals surface area contributed by atoms with Crippen LogP contribution in [0.1, 0.15) is 30.6 Å². The summed E-state index contributed by atoms with van der Waals surface area (Å²) in [6.45, 7) is 1.50. The van der Waals surface area contributed by atoms with Gasteiger partial charge in [-0.3, -0.25) is 0 Å². The minimum atomic E-state index is -3.12. The van der Waals surface area contributed by atoms with Gasteiger partial charge in [-0.1, -0.05) is 12.1 Å². The molecule has 1 atom stereocenters. The first-order valence-electron chi connectivity index (χ1n) is 4.90. The number of aliphatic hydroxyl groups is 1. The fraction of sp³-hybridized carbons (Fsp3) is 0.364. The molecule has 3 nitrogen and oxygen atoms in total. The molecular weight excluding hydrogens is 237 g/mol. The van der Waals surface area contributed by atoms with Crippen LogP contribution < -0.4 is 0 Å². The molecule has 0 bridgehead atoms. The van der Waals surface area contributed by atoms with E-state index in [9.17, 15) is 23.1 Å². The standard InChI is InChI=1S/C11H11F3O3/c1-2-17-11(16)9(15)6-4-3-5-7(12)8(6)10(13)14/h3-5,9-10,15H,2H2,1H3. The van der Waals surface area contributed by atoms with Gasteiger partial charge in [-0.25, -0.2) is 18.0 Å². The van der Waals surface area contributed by atoms with E-state index >= 15 is 0 Å². The quantitative estimate of drug-likeness (QED) is 0.832. The Bertz CT molecular complexity index is 407. The number of hydrogen-bond donors (Lipinski definition) is 1. The molecule has 1 N–H and O–H groups in total. The Hall–Kier alpha value is -1.56. The van der Waals surface area contributed by atoms with Gasteiger partial charge in [0.2, 0.25) is 0 Å². The van der Waals surface area contributed by atoms with Crippen LogP contribution in [0, 0.1) is 5.82 Å². The molecule has 17 heavy (non-hydrogen) atoms. The van der Waals surface area contributed by atoms with E-state index in [1.807, 2.05) is 0 Å². The molecule has 0 spiro atoms. The molecule has 1 aromatic carbocycles. The fourth-order valence-corrected chi connectivity index (χ4v) is 1.37. The molecule has 0 heterocycles. The average molecular weight is 248 g/mol. The van der Waals surface area contributed by atoms with E-state index < -0.39 is 35.4 Å². The number of esters is 1. The largest absolute Gasteiger partial charge is 0.464 e.